The van der Waals surface area contributed by atoms with Gasteiger partial charge >= 0.3 is 0 Å². The van der Waals surface area contributed by atoms with Gasteiger partial charge in [0.05, 0.1) is 12.7 Å². The van der Waals surface area contributed by atoms with Crippen molar-refractivity contribution in [2.24, 2.45) is 5.73 Å². The van der Waals surface area contributed by atoms with Gasteiger partial charge in [-0.05, 0) is 18.1 Å². The Balaban J connectivity index is 2.23. The summed E-state index contributed by atoms with van der Waals surface area (Å²) in [6.07, 6.45) is 1.69. The quantitative estimate of drug-likeness (QED) is 0.880. The van der Waals surface area contributed by atoms with Gasteiger partial charge in [0.15, 0.2) is 0 Å². The van der Waals surface area contributed by atoms with Crippen molar-refractivity contribution < 1.29 is 0 Å². The fourth-order valence-corrected chi connectivity index (χ4v) is 1.91. The number of nitrogens with two attached hydrogens (primary N) is 1. The van der Waals surface area contributed by atoms with Crippen LogP contribution in [0.2, 0.25) is 0 Å². The third-order valence-corrected chi connectivity index (χ3v) is 2.96. The maximum atomic E-state index is 11.8. The Morgan fingerprint density at radius 3 is 2.67 bits per heavy atom. The van der Waals surface area contributed by atoms with Crippen LogP contribution in [0.25, 0.3) is 0 Å². The Bertz CT molecular complexity index is 563. The molecule has 18 heavy (non-hydrogen) atoms. The van der Waals surface area contributed by atoms with Crippen LogP contribution in [0, 0.1) is 6.92 Å². The van der Waals surface area contributed by atoms with E-state index >= 15 is 0 Å². The highest BCUT2D eigenvalue weighted by Crippen LogP contribution is 2.15. The van der Waals surface area contributed by atoms with Crippen molar-refractivity contribution in [3.05, 3.63) is 64.1 Å². The first-order chi connectivity index (χ1) is 8.70. The van der Waals surface area contributed by atoms with Crippen LogP contribution in [0.4, 0.5) is 0 Å². The highest BCUT2D eigenvalue weighted by Gasteiger charge is 2.11. The molecule has 2 N–H and O–H groups in total. The molecule has 0 aliphatic carbocycles. The molecular weight excluding hydrogens is 226 g/mol. The van der Waals surface area contributed by atoms with Gasteiger partial charge in [-0.2, -0.15) is 5.10 Å². The lowest BCUT2D eigenvalue weighted by Crippen LogP contribution is -2.28. The average molecular weight is 243 g/mol. The molecule has 2 aromatic rings. The van der Waals surface area contributed by atoms with Gasteiger partial charge in [0, 0.05) is 18.5 Å². The first-order valence-corrected chi connectivity index (χ1v) is 5.99. The maximum absolute atomic E-state index is 11.8. The highest BCUT2D eigenvalue weighted by molar-refractivity contribution is 5.19. The van der Waals surface area contributed by atoms with Gasteiger partial charge in [-0.25, -0.2) is 4.68 Å². The van der Waals surface area contributed by atoms with Crippen molar-refractivity contribution in [1.29, 1.82) is 0 Å². The number of nitrogens with zero attached hydrogens (tertiary/aromatic N) is 2. The number of aryl methyl sites for hydroxylation is 1. The summed E-state index contributed by atoms with van der Waals surface area (Å²) in [6.45, 7) is 2.86. The molecule has 4 heteroatoms. The molecule has 0 saturated heterocycles. The van der Waals surface area contributed by atoms with Crippen molar-refractivity contribution in [3.63, 3.8) is 0 Å². The molecule has 4 nitrogen and oxygen atoms in total. The summed E-state index contributed by atoms with van der Waals surface area (Å²) in [5.41, 5.74) is 7.72. The zero-order valence-corrected chi connectivity index (χ0v) is 10.4. The average Bonchev–Trinajstić information content (AvgIpc) is 2.39. The monoisotopic (exact) mass is 243 g/mol. The first-order valence-electron chi connectivity index (χ1n) is 5.99. The molecule has 1 aromatic carbocycles. The topological polar surface area (TPSA) is 60.9 Å². The van der Waals surface area contributed by atoms with Crippen LogP contribution in [-0.2, 0) is 6.54 Å². The number of hydrogen-bond acceptors (Lipinski definition) is 3. The zero-order chi connectivity index (χ0) is 13.0. The SMILES string of the molecule is Cc1cnn(CC(CN)c2ccccc2)c(=O)c1. The van der Waals surface area contributed by atoms with E-state index in [1.807, 2.05) is 37.3 Å². The van der Waals surface area contributed by atoms with E-state index < -0.39 is 0 Å². The van der Waals surface area contributed by atoms with Gasteiger partial charge in [-0.1, -0.05) is 30.3 Å². The summed E-state index contributed by atoms with van der Waals surface area (Å²) < 4.78 is 1.47. The lowest BCUT2D eigenvalue weighted by molar-refractivity contribution is 0.497. The fraction of sp³-hybridized carbons (Fsp3) is 0.286. The Morgan fingerprint density at radius 1 is 1.33 bits per heavy atom. The molecular formula is C14H17N3O. The second-order valence-electron chi connectivity index (χ2n) is 4.40. The van der Waals surface area contributed by atoms with E-state index in [2.05, 4.69) is 5.10 Å². The number of rotatable bonds is 4. The molecule has 1 heterocycles. The van der Waals surface area contributed by atoms with E-state index in [9.17, 15) is 4.79 Å². The lowest BCUT2D eigenvalue weighted by Gasteiger charge is -2.15. The third kappa shape index (κ3) is 2.84. The zero-order valence-electron chi connectivity index (χ0n) is 10.4. The minimum Gasteiger partial charge on any atom is -0.330 e. The van der Waals surface area contributed by atoms with E-state index in [0.29, 0.717) is 13.1 Å². The predicted octanol–water partition coefficient (Wildman–Crippen LogP) is 1.29. The van der Waals surface area contributed by atoms with Crippen LogP contribution < -0.4 is 11.3 Å². The van der Waals surface area contributed by atoms with Crippen molar-refractivity contribution in [2.75, 3.05) is 6.54 Å². The molecule has 0 fully saturated rings. The van der Waals surface area contributed by atoms with Gasteiger partial charge in [0.25, 0.3) is 5.56 Å². The van der Waals surface area contributed by atoms with Crippen molar-refractivity contribution in [3.8, 4) is 0 Å². The Labute approximate surface area is 106 Å². The molecule has 0 aliphatic heterocycles. The highest BCUT2D eigenvalue weighted by atomic mass is 16.1. The minimum absolute atomic E-state index is 0.0793. The van der Waals surface area contributed by atoms with Gasteiger partial charge in [0.1, 0.15) is 0 Å². The molecule has 0 amide bonds. The van der Waals surface area contributed by atoms with Gasteiger partial charge in [-0.3, -0.25) is 4.79 Å². The predicted molar refractivity (Wildman–Crippen MR) is 71.5 cm³/mol. The summed E-state index contributed by atoms with van der Waals surface area (Å²) in [5.74, 6) is 0.110. The van der Waals surface area contributed by atoms with E-state index in [1.165, 1.54) is 4.68 Å². The molecule has 0 spiro atoms. The van der Waals surface area contributed by atoms with E-state index in [0.717, 1.165) is 11.1 Å². The summed E-state index contributed by atoms with van der Waals surface area (Å²) in [4.78, 5) is 11.8. The Hall–Kier alpha value is -1.94. The van der Waals surface area contributed by atoms with Crippen LogP contribution >= 0.6 is 0 Å². The first kappa shape index (κ1) is 12.5. The van der Waals surface area contributed by atoms with Crippen molar-refractivity contribution >= 4 is 0 Å². The minimum atomic E-state index is -0.0793. The lowest BCUT2D eigenvalue weighted by atomic mass is 9.99. The van der Waals surface area contributed by atoms with Crippen molar-refractivity contribution in [1.82, 2.24) is 9.78 Å². The second-order valence-corrected chi connectivity index (χ2v) is 4.40. The molecule has 1 aromatic heterocycles. The molecule has 94 valence electrons. The van der Waals surface area contributed by atoms with Gasteiger partial charge < -0.3 is 5.73 Å². The fourth-order valence-electron chi connectivity index (χ4n) is 1.91. The molecule has 0 saturated carbocycles. The smallest absolute Gasteiger partial charge is 0.267 e. The van der Waals surface area contributed by atoms with Gasteiger partial charge in [-0.15, -0.1) is 0 Å². The summed E-state index contributed by atoms with van der Waals surface area (Å²) in [7, 11) is 0. The Morgan fingerprint density at radius 2 is 2.06 bits per heavy atom. The normalized spacial score (nSPS) is 12.3. The molecule has 1 atom stereocenters. The molecule has 0 aliphatic rings. The summed E-state index contributed by atoms with van der Waals surface area (Å²) >= 11 is 0. The second kappa shape index (κ2) is 5.60. The summed E-state index contributed by atoms with van der Waals surface area (Å²) in [5, 5.41) is 4.14. The molecule has 0 radical (unpaired) electrons. The van der Waals surface area contributed by atoms with Crippen LogP contribution in [-0.4, -0.2) is 16.3 Å². The van der Waals surface area contributed by atoms with Crippen LogP contribution in [0.15, 0.2) is 47.4 Å². The van der Waals surface area contributed by atoms with Crippen LogP contribution in [0.5, 0.6) is 0 Å². The standard InChI is InChI=1S/C14H17N3O/c1-11-7-14(18)17(16-9-11)10-13(8-15)12-5-3-2-4-6-12/h2-7,9,13H,8,10,15H2,1H3. The number of hydrogen-bond donors (Lipinski definition) is 1. The van der Waals surface area contributed by atoms with E-state index in [4.69, 9.17) is 5.73 Å². The van der Waals surface area contributed by atoms with E-state index in [1.54, 1.807) is 12.3 Å². The van der Waals surface area contributed by atoms with Gasteiger partial charge in [0.2, 0.25) is 0 Å². The number of aromatic nitrogens is 2. The third-order valence-electron chi connectivity index (χ3n) is 2.96. The molecule has 1 unspecified atom stereocenters. The number of benzene rings is 1. The van der Waals surface area contributed by atoms with E-state index in [-0.39, 0.29) is 11.5 Å². The molecule has 0 bridgehead atoms. The molecule has 2 rings (SSSR count). The largest absolute Gasteiger partial charge is 0.330 e. The Kier molecular flexibility index (Phi) is 3.89. The summed E-state index contributed by atoms with van der Waals surface area (Å²) in [6, 6.07) is 11.6. The maximum Gasteiger partial charge on any atom is 0.267 e. The van der Waals surface area contributed by atoms with Crippen LogP contribution in [0.1, 0.15) is 17.0 Å². The van der Waals surface area contributed by atoms with Crippen molar-refractivity contribution in [2.45, 2.75) is 19.4 Å². The van der Waals surface area contributed by atoms with Crippen LogP contribution in [0.3, 0.4) is 0 Å².